The number of ether oxygens (including phenoxy) is 1. The first-order valence-corrected chi connectivity index (χ1v) is 12.4. The third-order valence-corrected chi connectivity index (χ3v) is 6.93. The molecule has 4 aromatic rings. The molecule has 1 amide bonds. The van der Waals surface area contributed by atoms with E-state index in [1.807, 2.05) is 55.5 Å². The van der Waals surface area contributed by atoms with Crippen LogP contribution in [0.5, 0.6) is 5.75 Å². The van der Waals surface area contributed by atoms with Crippen LogP contribution in [-0.4, -0.2) is 21.5 Å². The number of rotatable bonds is 6. The van der Waals surface area contributed by atoms with Crippen LogP contribution in [0.15, 0.2) is 77.9 Å². The molecule has 1 atom stereocenters. The fraction of sp³-hybridized carbons (Fsp3) is 0.148. The van der Waals surface area contributed by atoms with Crippen LogP contribution in [-0.2, 0) is 0 Å². The van der Waals surface area contributed by atoms with E-state index in [0.29, 0.717) is 27.8 Å². The molecule has 0 saturated heterocycles. The van der Waals surface area contributed by atoms with Crippen molar-refractivity contribution in [3.63, 3.8) is 0 Å². The summed E-state index contributed by atoms with van der Waals surface area (Å²) in [4.78, 5) is 28.2. The van der Waals surface area contributed by atoms with Crippen molar-refractivity contribution < 1.29 is 14.5 Å². The van der Waals surface area contributed by atoms with E-state index in [1.165, 1.54) is 18.2 Å². The minimum absolute atomic E-state index is 0. The largest absolute Gasteiger partial charge is 0.485 e. The molecule has 11 heteroatoms. The SMILES string of the molecule is Br.Cc1ccc2c(c1)/C(=N\Nc1nc(C)c(C(=O)Nc3cccc([N+](=O)[O-])c3)s1)CC(c1ccccc1)O2. The van der Waals surface area contributed by atoms with E-state index in [-0.39, 0.29) is 28.8 Å². The number of carbonyl (C=O) groups excluding carboxylic acids is 1. The monoisotopic (exact) mass is 593 g/mol. The minimum atomic E-state index is -0.507. The quantitative estimate of drug-likeness (QED) is 0.186. The predicted molar refractivity (Wildman–Crippen MR) is 154 cm³/mol. The highest BCUT2D eigenvalue weighted by Crippen LogP contribution is 2.36. The Morgan fingerprint density at radius 1 is 1.11 bits per heavy atom. The van der Waals surface area contributed by atoms with Crippen molar-refractivity contribution >= 4 is 56.4 Å². The lowest BCUT2D eigenvalue weighted by Gasteiger charge is -2.27. The molecule has 9 nitrogen and oxygen atoms in total. The van der Waals surface area contributed by atoms with Crippen LogP contribution in [0.4, 0.5) is 16.5 Å². The van der Waals surface area contributed by atoms with Crippen LogP contribution < -0.4 is 15.5 Å². The highest BCUT2D eigenvalue weighted by Gasteiger charge is 2.27. The standard InChI is InChI=1S/C27H23N5O4S.BrH/c1-16-11-12-23-21(13-16)22(15-24(36-23)18-7-4-3-5-8-18)30-31-27-28-17(2)25(37-27)26(33)29-19-9-6-10-20(14-19)32(34)35;/h3-14,24H,15H2,1-2H3,(H,28,31)(H,29,33);1H/b30-22-;. The lowest BCUT2D eigenvalue weighted by Crippen LogP contribution is -2.22. The van der Waals surface area contributed by atoms with Gasteiger partial charge in [0.2, 0.25) is 5.13 Å². The molecular weight excluding hydrogens is 570 g/mol. The first-order valence-electron chi connectivity index (χ1n) is 11.6. The van der Waals surface area contributed by atoms with E-state index < -0.39 is 10.8 Å². The Hall–Kier alpha value is -4.09. The van der Waals surface area contributed by atoms with Crippen molar-refractivity contribution in [3.05, 3.63) is 110 Å². The number of nitrogens with zero attached hydrogens (tertiary/aromatic N) is 3. The predicted octanol–water partition coefficient (Wildman–Crippen LogP) is 6.84. The molecular formula is C27H24BrN5O4S. The number of fused-ring (bicyclic) bond motifs is 1. The molecule has 0 spiro atoms. The van der Waals surface area contributed by atoms with Crippen molar-refractivity contribution in [2.24, 2.45) is 5.10 Å². The zero-order chi connectivity index (χ0) is 25.9. The van der Waals surface area contributed by atoms with Gasteiger partial charge in [-0.05, 0) is 37.6 Å². The number of hydrazone groups is 1. The zero-order valence-corrected chi connectivity index (χ0v) is 23.0. The summed E-state index contributed by atoms with van der Waals surface area (Å²) in [5, 5.41) is 18.9. The molecule has 0 aliphatic carbocycles. The number of carbonyl (C=O) groups is 1. The first-order chi connectivity index (χ1) is 17.9. The zero-order valence-electron chi connectivity index (χ0n) is 20.5. The Morgan fingerprint density at radius 3 is 2.66 bits per heavy atom. The lowest BCUT2D eigenvalue weighted by molar-refractivity contribution is -0.384. The van der Waals surface area contributed by atoms with Crippen molar-refractivity contribution in [2.45, 2.75) is 26.4 Å². The molecule has 1 aliphatic heterocycles. The van der Waals surface area contributed by atoms with Gasteiger partial charge in [-0.15, -0.1) is 17.0 Å². The number of nitro benzene ring substituents is 1. The maximum Gasteiger partial charge on any atom is 0.271 e. The van der Waals surface area contributed by atoms with E-state index in [2.05, 4.69) is 20.8 Å². The minimum Gasteiger partial charge on any atom is -0.485 e. The van der Waals surface area contributed by atoms with Crippen molar-refractivity contribution in [2.75, 3.05) is 10.7 Å². The molecule has 2 N–H and O–H groups in total. The van der Waals surface area contributed by atoms with Gasteiger partial charge < -0.3 is 10.1 Å². The molecule has 194 valence electrons. The smallest absolute Gasteiger partial charge is 0.271 e. The second-order valence-corrected chi connectivity index (χ2v) is 9.59. The molecule has 38 heavy (non-hydrogen) atoms. The van der Waals surface area contributed by atoms with Gasteiger partial charge in [-0.1, -0.05) is 59.4 Å². The average Bonchev–Trinajstić information content (AvgIpc) is 3.28. The lowest BCUT2D eigenvalue weighted by atomic mass is 9.94. The Morgan fingerprint density at radius 2 is 1.89 bits per heavy atom. The third-order valence-electron chi connectivity index (χ3n) is 5.87. The highest BCUT2D eigenvalue weighted by atomic mass is 79.9. The molecule has 1 aromatic heterocycles. The number of aromatic nitrogens is 1. The third kappa shape index (κ3) is 5.90. The highest BCUT2D eigenvalue weighted by molar-refractivity contribution is 8.93. The number of amides is 1. The van der Waals surface area contributed by atoms with Gasteiger partial charge in [0.05, 0.1) is 16.3 Å². The molecule has 1 aliphatic rings. The van der Waals surface area contributed by atoms with Crippen LogP contribution in [0.1, 0.15) is 44.6 Å². The Balaban J connectivity index is 0.00000336. The molecule has 0 radical (unpaired) electrons. The van der Waals surface area contributed by atoms with Gasteiger partial charge in [0, 0.05) is 29.8 Å². The number of halogens is 1. The van der Waals surface area contributed by atoms with E-state index >= 15 is 0 Å². The molecule has 0 fully saturated rings. The molecule has 1 unspecified atom stereocenters. The maximum absolute atomic E-state index is 12.8. The molecule has 0 saturated carbocycles. The van der Waals surface area contributed by atoms with Crippen LogP contribution in [0.3, 0.4) is 0 Å². The fourth-order valence-corrected chi connectivity index (χ4v) is 4.87. The number of nitrogens with one attached hydrogen (secondary N) is 2. The van der Waals surface area contributed by atoms with Crippen LogP contribution in [0.25, 0.3) is 0 Å². The number of benzene rings is 3. The van der Waals surface area contributed by atoms with Crippen molar-refractivity contribution in [1.82, 2.24) is 4.98 Å². The number of thiazole rings is 1. The summed E-state index contributed by atoms with van der Waals surface area (Å²) in [7, 11) is 0. The van der Waals surface area contributed by atoms with E-state index in [1.54, 1.807) is 13.0 Å². The van der Waals surface area contributed by atoms with Gasteiger partial charge in [0.1, 0.15) is 16.7 Å². The van der Waals surface area contributed by atoms with Crippen LogP contribution >= 0.6 is 28.3 Å². The average molecular weight is 594 g/mol. The number of non-ortho nitro benzene ring substituents is 1. The van der Waals surface area contributed by atoms with Gasteiger partial charge in [-0.25, -0.2) is 4.98 Å². The van der Waals surface area contributed by atoms with Crippen LogP contribution in [0, 0.1) is 24.0 Å². The molecule has 0 bridgehead atoms. The number of nitro groups is 1. The normalized spacial score (nSPS) is 15.1. The van der Waals surface area contributed by atoms with Gasteiger partial charge >= 0.3 is 0 Å². The number of hydrogen-bond donors (Lipinski definition) is 2. The number of hydrogen-bond acceptors (Lipinski definition) is 8. The van der Waals surface area contributed by atoms with Gasteiger partial charge in [0.15, 0.2) is 0 Å². The second-order valence-electron chi connectivity index (χ2n) is 8.59. The summed E-state index contributed by atoms with van der Waals surface area (Å²) in [6.07, 6.45) is 0.393. The van der Waals surface area contributed by atoms with Crippen molar-refractivity contribution in [3.8, 4) is 5.75 Å². The van der Waals surface area contributed by atoms with E-state index in [4.69, 9.17) is 4.74 Å². The summed E-state index contributed by atoms with van der Waals surface area (Å²) < 4.78 is 6.27. The maximum atomic E-state index is 12.8. The Labute approximate surface area is 233 Å². The Kier molecular flexibility index (Phi) is 8.18. The molecule has 5 rings (SSSR count). The summed E-state index contributed by atoms with van der Waals surface area (Å²) >= 11 is 1.16. The van der Waals surface area contributed by atoms with Gasteiger partial charge in [0.25, 0.3) is 11.6 Å². The van der Waals surface area contributed by atoms with Crippen molar-refractivity contribution in [1.29, 1.82) is 0 Å². The summed E-state index contributed by atoms with van der Waals surface area (Å²) in [6.45, 7) is 3.75. The van der Waals surface area contributed by atoms with Crippen LogP contribution in [0.2, 0.25) is 0 Å². The summed E-state index contributed by atoms with van der Waals surface area (Å²) in [5.41, 5.74) is 7.69. The second kappa shape index (κ2) is 11.5. The number of aryl methyl sites for hydroxylation is 2. The van der Waals surface area contributed by atoms with Gasteiger partial charge in [-0.3, -0.25) is 20.3 Å². The summed E-state index contributed by atoms with van der Waals surface area (Å²) in [6, 6.07) is 21.8. The van der Waals surface area contributed by atoms with E-state index in [9.17, 15) is 14.9 Å². The topological polar surface area (TPSA) is 119 Å². The number of anilines is 2. The van der Waals surface area contributed by atoms with Gasteiger partial charge in [-0.2, -0.15) is 5.10 Å². The Bertz CT molecular complexity index is 1520. The van der Waals surface area contributed by atoms with E-state index in [0.717, 1.165) is 39.5 Å². The molecule has 2 heterocycles. The molecule has 3 aromatic carbocycles. The first kappa shape index (κ1) is 27.0. The fourth-order valence-electron chi connectivity index (χ4n) is 4.07. The summed E-state index contributed by atoms with van der Waals surface area (Å²) in [5.74, 6) is 0.367.